The first-order valence-corrected chi connectivity index (χ1v) is 6.18. The Morgan fingerprint density at radius 3 is 3.19 bits per heavy atom. The highest BCUT2D eigenvalue weighted by Crippen LogP contribution is 2.25. The van der Waals surface area contributed by atoms with Crippen LogP contribution in [-0.2, 0) is 0 Å². The lowest BCUT2D eigenvalue weighted by atomic mass is 10.2. The van der Waals surface area contributed by atoms with Crippen molar-refractivity contribution in [1.82, 2.24) is 14.9 Å². The van der Waals surface area contributed by atoms with Crippen molar-refractivity contribution in [2.75, 3.05) is 25.1 Å². The molecular weight excluding hydrogens is 226 g/mol. The van der Waals surface area contributed by atoms with Crippen molar-refractivity contribution < 1.29 is 9.90 Å². The summed E-state index contributed by atoms with van der Waals surface area (Å²) in [5.41, 5.74) is 0.0639. The molecule has 0 saturated carbocycles. The van der Waals surface area contributed by atoms with Gasteiger partial charge in [-0.25, -0.2) is 14.8 Å². The summed E-state index contributed by atoms with van der Waals surface area (Å²) < 4.78 is 0. The van der Waals surface area contributed by atoms with Crippen LogP contribution in [0, 0.1) is 0 Å². The van der Waals surface area contributed by atoms with Gasteiger partial charge in [-0.3, -0.25) is 4.90 Å². The molecule has 0 aliphatic carbocycles. The molecule has 0 bridgehead atoms. The van der Waals surface area contributed by atoms with E-state index in [1.54, 1.807) is 0 Å². The number of nitrogens with zero attached hydrogens (tertiary/aromatic N) is 3. The van der Waals surface area contributed by atoms with Crippen molar-refractivity contribution in [1.29, 1.82) is 0 Å². The fourth-order valence-electron chi connectivity index (χ4n) is 1.61. The Morgan fingerprint density at radius 1 is 1.69 bits per heavy atom. The van der Waals surface area contributed by atoms with E-state index in [1.807, 2.05) is 18.8 Å². The van der Waals surface area contributed by atoms with Crippen molar-refractivity contribution in [3.05, 3.63) is 23.8 Å². The van der Waals surface area contributed by atoms with Gasteiger partial charge in [-0.1, -0.05) is 0 Å². The summed E-state index contributed by atoms with van der Waals surface area (Å²) in [6.07, 6.45) is 1.51. The monoisotopic (exact) mass is 239 g/mol. The van der Waals surface area contributed by atoms with Crippen molar-refractivity contribution in [2.24, 2.45) is 0 Å². The Kier molecular flexibility index (Phi) is 3.40. The fourth-order valence-corrected chi connectivity index (χ4v) is 2.82. The summed E-state index contributed by atoms with van der Waals surface area (Å²) in [6.45, 7) is 0.982. The van der Waals surface area contributed by atoms with E-state index in [0.717, 1.165) is 18.1 Å². The standard InChI is InChI=1S/C10H13N3O2S/c1-13-4-5-16-6-8(13)9-11-3-2-7(12-9)10(14)15/h2-3,8H,4-6H2,1H3,(H,14,15). The largest absolute Gasteiger partial charge is 0.477 e. The van der Waals surface area contributed by atoms with Gasteiger partial charge in [0.05, 0.1) is 6.04 Å². The first kappa shape index (κ1) is 11.3. The minimum Gasteiger partial charge on any atom is -0.477 e. The van der Waals surface area contributed by atoms with Crippen LogP contribution < -0.4 is 0 Å². The van der Waals surface area contributed by atoms with Gasteiger partial charge < -0.3 is 5.11 Å². The lowest BCUT2D eigenvalue weighted by Crippen LogP contribution is -2.34. The number of thioether (sulfide) groups is 1. The zero-order valence-electron chi connectivity index (χ0n) is 8.96. The SMILES string of the molecule is CN1CCSCC1c1nccc(C(=O)O)n1. The van der Waals surface area contributed by atoms with E-state index in [9.17, 15) is 4.79 Å². The summed E-state index contributed by atoms with van der Waals surface area (Å²) >= 11 is 1.85. The molecule has 1 saturated heterocycles. The lowest BCUT2D eigenvalue weighted by Gasteiger charge is -2.30. The molecule has 0 aromatic carbocycles. The van der Waals surface area contributed by atoms with Gasteiger partial charge in [0.1, 0.15) is 5.82 Å². The van der Waals surface area contributed by atoms with Gasteiger partial charge >= 0.3 is 5.97 Å². The molecule has 2 heterocycles. The first-order chi connectivity index (χ1) is 7.68. The van der Waals surface area contributed by atoms with E-state index in [-0.39, 0.29) is 11.7 Å². The molecule has 1 aliphatic rings. The molecule has 1 aromatic rings. The van der Waals surface area contributed by atoms with E-state index in [1.165, 1.54) is 12.3 Å². The molecule has 5 nitrogen and oxygen atoms in total. The average Bonchev–Trinajstić information content (AvgIpc) is 2.30. The van der Waals surface area contributed by atoms with Crippen molar-refractivity contribution >= 4 is 17.7 Å². The number of rotatable bonds is 2. The third-order valence-corrected chi connectivity index (χ3v) is 3.61. The van der Waals surface area contributed by atoms with Crippen LogP contribution in [0.4, 0.5) is 0 Å². The number of hydrogen-bond donors (Lipinski definition) is 1. The first-order valence-electron chi connectivity index (χ1n) is 5.02. The molecule has 1 aliphatic heterocycles. The minimum absolute atomic E-state index is 0.0639. The van der Waals surface area contributed by atoms with Crippen molar-refractivity contribution in [2.45, 2.75) is 6.04 Å². The number of carboxylic acids is 1. The number of hydrogen-bond acceptors (Lipinski definition) is 5. The predicted molar refractivity (Wildman–Crippen MR) is 61.7 cm³/mol. The molecule has 6 heteroatoms. The van der Waals surface area contributed by atoms with Crippen LogP contribution in [0.1, 0.15) is 22.4 Å². The van der Waals surface area contributed by atoms with E-state index in [0.29, 0.717) is 5.82 Å². The Hall–Kier alpha value is -1.14. The highest BCUT2D eigenvalue weighted by molar-refractivity contribution is 7.99. The van der Waals surface area contributed by atoms with Crippen LogP contribution in [-0.4, -0.2) is 51.0 Å². The maximum absolute atomic E-state index is 10.8. The minimum atomic E-state index is -1.00. The summed E-state index contributed by atoms with van der Waals surface area (Å²) in [5, 5.41) is 8.86. The summed E-state index contributed by atoms with van der Waals surface area (Å²) in [4.78, 5) is 21.2. The van der Waals surface area contributed by atoms with Crippen LogP contribution in [0.3, 0.4) is 0 Å². The smallest absolute Gasteiger partial charge is 0.354 e. The number of aromatic nitrogens is 2. The second-order valence-electron chi connectivity index (χ2n) is 3.68. The van der Waals surface area contributed by atoms with Gasteiger partial charge in [0.2, 0.25) is 0 Å². The Labute approximate surface area is 97.9 Å². The maximum Gasteiger partial charge on any atom is 0.354 e. The van der Waals surface area contributed by atoms with Crippen molar-refractivity contribution in [3.8, 4) is 0 Å². The van der Waals surface area contributed by atoms with Gasteiger partial charge in [-0.05, 0) is 13.1 Å². The van der Waals surface area contributed by atoms with Crippen LogP contribution in [0.25, 0.3) is 0 Å². The molecule has 0 amide bonds. The molecule has 2 rings (SSSR count). The molecule has 1 aromatic heterocycles. The van der Waals surface area contributed by atoms with Gasteiger partial charge in [-0.2, -0.15) is 11.8 Å². The number of carboxylic acid groups (broad SMARTS) is 1. The molecule has 16 heavy (non-hydrogen) atoms. The predicted octanol–water partition coefficient (Wildman–Crippen LogP) is 0.895. The summed E-state index contributed by atoms with van der Waals surface area (Å²) in [7, 11) is 2.02. The van der Waals surface area contributed by atoms with E-state index in [2.05, 4.69) is 14.9 Å². The molecule has 1 unspecified atom stereocenters. The van der Waals surface area contributed by atoms with Crippen LogP contribution >= 0.6 is 11.8 Å². The van der Waals surface area contributed by atoms with Crippen LogP contribution in [0.2, 0.25) is 0 Å². The summed E-state index contributed by atoms with van der Waals surface area (Å²) in [5.74, 6) is 1.62. The second kappa shape index (κ2) is 4.80. The molecule has 0 spiro atoms. The highest BCUT2D eigenvalue weighted by Gasteiger charge is 2.24. The fraction of sp³-hybridized carbons (Fsp3) is 0.500. The maximum atomic E-state index is 10.8. The summed E-state index contributed by atoms with van der Waals surface area (Å²) in [6, 6.07) is 1.54. The third-order valence-electron chi connectivity index (χ3n) is 2.59. The molecule has 1 fully saturated rings. The van der Waals surface area contributed by atoms with Gasteiger partial charge in [-0.15, -0.1) is 0 Å². The van der Waals surface area contributed by atoms with E-state index >= 15 is 0 Å². The average molecular weight is 239 g/mol. The van der Waals surface area contributed by atoms with Gasteiger partial charge in [0, 0.05) is 24.2 Å². The van der Waals surface area contributed by atoms with Crippen LogP contribution in [0.15, 0.2) is 12.3 Å². The Balaban J connectivity index is 2.25. The van der Waals surface area contributed by atoms with E-state index < -0.39 is 5.97 Å². The molecule has 0 radical (unpaired) electrons. The zero-order valence-corrected chi connectivity index (χ0v) is 9.78. The van der Waals surface area contributed by atoms with Gasteiger partial charge in [0.15, 0.2) is 5.69 Å². The molecule has 86 valence electrons. The molecule has 1 N–H and O–H groups in total. The quantitative estimate of drug-likeness (QED) is 0.827. The Morgan fingerprint density at radius 2 is 2.50 bits per heavy atom. The van der Waals surface area contributed by atoms with Gasteiger partial charge in [0.25, 0.3) is 0 Å². The van der Waals surface area contributed by atoms with Crippen LogP contribution in [0.5, 0.6) is 0 Å². The normalized spacial score (nSPS) is 21.9. The zero-order chi connectivity index (χ0) is 11.5. The molecular formula is C10H13N3O2S. The topological polar surface area (TPSA) is 66.3 Å². The number of carbonyl (C=O) groups is 1. The van der Waals surface area contributed by atoms with Crippen molar-refractivity contribution in [3.63, 3.8) is 0 Å². The third kappa shape index (κ3) is 2.33. The highest BCUT2D eigenvalue weighted by atomic mass is 32.2. The van der Waals surface area contributed by atoms with E-state index in [4.69, 9.17) is 5.11 Å². The molecule has 1 atom stereocenters. The number of aromatic carboxylic acids is 1. The Bertz CT molecular complexity index is 399. The lowest BCUT2D eigenvalue weighted by molar-refractivity contribution is 0.0689. The second-order valence-corrected chi connectivity index (χ2v) is 4.83.